The summed E-state index contributed by atoms with van der Waals surface area (Å²) in [6.45, 7) is 2.91. The zero-order valence-corrected chi connectivity index (χ0v) is 7.08. The van der Waals surface area contributed by atoms with Crippen LogP contribution in [0.3, 0.4) is 0 Å². The first-order chi connectivity index (χ1) is 5.27. The maximum atomic E-state index is 8.17. The van der Waals surface area contributed by atoms with Crippen LogP contribution >= 0.6 is 0 Å². The third kappa shape index (κ3) is 2.43. The Morgan fingerprint density at radius 3 is 2.55 bits per heavy atom. The van der Waals surface area contributed by atoms with Gasteiger partial charge in [0.1, 0.15) is 0 Å². The molecule has 0 radical (unpaired) electrons. The quantitative estimate of drug-likeness (QED) is 0.332. The minimum Gasteiger partial charge on any atom is -0.0934 e. The Balaban J connectivity index is 2.42. The van der Waals surface area contributed by atoms with Gasteiger partial charge in [0.05, 0.1) is 0 Å². The van der Waals surface area contributed by atoms with Crippen molar-refractivity contribution in [2.75, 3.05) is 6.54 Å². The average molecular weight is 153 g/mol. The van der Waals surface area contributed by atoms with Gasteiger partial charge in [-0.3, -0.25) is 0 Å². The van der Waals surface area contributed by atoms with E-state index in [4.69, 9.17) is 5.53 Å². The first-order valence-electron chi connectivity index (χ1n) is 4.28. The lowest BCUT2D eigenvalue weighted by atomic mass is 9.76. The topological polar surface area (TPSA) is 48.8 Å². The summed E-state index contributed by atoms with van der Waals surface area (Å²) < 4.78 is 0. The molecule has 0 saturated heterocycles. The monoisotopic (exact) mass is 153 g/mol. The lowest BCUT2D eigenvalue weighted by Crippen LogP contribution is -2.22. The molecule has 1 saturated carbocycles. The molecule has 0 spiro atoms. The highest BCUT2D eigenvalue weighted by atomic mass is 15.1. The van der Waals surface area contributed by atoms with E-state index in [1.807, 2.05) is 0 Å². The number of rotatable bonds is 2. The van der Waals surface area contributed by atoms with Gasteiger partial charge in [-0.1, -0.05) is 31.3 Å². The third-order valence-electron chi connectivity index (χ3n) is 2.58. The fourth-order valence-corrected chi connectivity index (χ4v) is 1.77. The molecule has 1 aliphatic rings. The minimum absolute atomic E-state index is 0.310. The molecule has 1 fully saturated rings. The maximum absolute atomic E-state index is 8.17. The Morgan fingerprint density at radius 1 is 1.36 bits per heavy atom. The number of azide groups is 1. The minimum atomic E-state index is 0.310. The van der Waals surface area contributed by atoms with Crippen molar-refractivity contribution in [1.29, 1.82) is 0 Å². The SMILES string of the molecule is CC1(CN=[N+]=[N-])CCCCC1. The largest absolute Gasteiger partial charge is 0.0934 e. The zero-order valence-electron chi connectivity index (χ0n) is 7.08. The average Bonchev–Trinajstić information content (AvgIpc) is 2.03. The Kier molecular flexibility index (Phi) is 2.77. The van der Waals surface area contributed by atoms with E-state index >= 15 is 0 Å². The van der Waals surface area contributed by atoms with Gasteiger partial charge in [0, 0.05) is 11.5 Å². The van der Waals surface area contributed by atoms with Gasteiger partial charge in [-0.2, -0.15) is 0 Å². The fourth-order valence-electron chi connectivity index (χ4n) is 1.77. The molecular weight excluding hydrogens is 138 g/mol. The van der Waals surface area contributed by atoms with E-state index in [0.29, 0.717) is 12.0 Å². The van der Waals surface area contributed by atoms with Crippen molar-refractivity contribution in [2.24, 2.45) is 10.5 Å². The lowest BCUT2D eigenvalue weighted by molar-refractivity contribution is 0.226. The van der Waals surface area contributed by atoms with Gasteiger partial charge in [0.15, 0.2) is 0 Å². The molecule has 62 valence electrons. The molecule has 0 bridgehead atoms. The van der Waals surface area contributed by atoms with Crippen LogP contribution in [0.5, 0.6) is 0 Å². The molecule has 3 heteroatoms. The Hall–Kier alpha value is -0.690. The molecule has 0 aromatic rings. The third-order valence-corrected chi connectivity index (χ3v) is 2.58. The van der Waals surface area contributed by atoms with Crippen LogP contribution in [0.25, 0.3) is 10.4 Å². The van der Waals surface area contributed by atoms with Crippen LogP contribution in [0, 0.1) is 5.41 Å². The molecule has 0 aromatic carbocycles. The molecule has 1 rings (SSSR count). The molecule has 0 amide bonds. The molecular formula is C8H15N3. The van der Waals surface area contributed by atoms with Crippen LogP contribution in [0.2, 0.25) is 0 Å². The smallest absolute Gasteiger partial charge is 0.0311 e. The summed E-state index contributed by atoms with van der Waals surface area (Å²) in [6.07, 6.45) is 6.42. The van der Waals surface area contributed by atoms with E-state index in [0.717, 1.165) is 0 Å². The van der Waals surface area contributed by atoms with Crippen LogP contribution in [0.15, 0.2) is 5.11 Å². The molecule has 0 aliphatic heterocycles. The van der Waals surface area contributed by atoms with Crippen LogP contribution in [0.1, 0.15) is 39.0 Å². The highest BCUT2D eigenvalue weighted by Crippen LogP contribution is 2.35. The second-order valence-corrected chi connectivity index (χ2v) is 3.76. The van der Waals surface area contributed by atoms with Gasteiger partial charge in [0.2, 0.25) is 0 Å². The van der Waals surface area contributed by atoms with Gasteiger partial charge in [-0.25, -0.2) is 0 Å². The summed E-state index contributed by atoms with van der Waals surface area (Å²) in [5.74, 6) is 0. The summed E-state index contributed by atoms with van der Waals surface area (Å²) in [6, 6.07) is 0. The Labute approximate surface area is 67.4 Å². The van der Waals surface area contributed by atoms with Gasteiger partial charge < -0.3 is 0 Å². The van der Waals surface area contributed by atoms with Crippen LogP contribution in [-0.2, 0) is 0 Å². The molecule has 11 heavy (non-hydrogen) atoms. The van der Waals surface area contributed by atoms with Crippen molar-refractivity contribution in [3.63, 3.8) is 0 Å². The molecule has 0 unspecified atom stereocenters. The Morgan fingerprint density at radius 2 is 2.00 bits per heavy atom. The van der Waals surface area contributed by atoms with Gasteiger partial charge >= 0.3 is 0 Å². The van der Waals surface area contributed by atoms with Crippen molar-refractivity contribution in [1.82, 2.24) is 0 Å². The summed E-state index contributed by atoms with van der Waals surface area (Å²) >= 11 is 0. The maximum Gasteiger partial charge on any atom is 0.0311 e. The summed E-state index contributed by atoms with van der Waals surface area (Å²) in [4.78, 5) is 2.80. The number of nitrogens with zero attached hydrogens (tertiary/aromatic N) is 3. The number of hydrogen-bond donors (Lipinski definition) is 0. The molecule has 3 nitrogen and oxygen atoms in total. The highest BCUT2D eigenvalue weighted by molar-refractivity contribution is 4.80. The summed E-state index contributed by atoms with van der Waals surface area (Å²) in [5.41, 5.74) is 8.48. The molecule has 0 heterocycles. The van der Waals surface area contributed by atoms with E-state index in [1.165, 1.54) is 32.1 Å². The van der Waals surface area contributed by atoms with Crippen molar-refractivity contribution >= 4 is 0 Å². The van der Waals surface area contributed by atoms with E-state index in [-0.39, 0.29) is 0 Å². The first kappa shape index (κ1) is 8.41. The standard InChI is InChI=1S/C8H15N3/c1-8(7-10-11-9)5-3-2-4-6-8/h2-7H2,1H3. The van der Waals surface area contributed by atoms with Gasteiger partial charge in [0.25, 0.3) is 0 Å². The van der Waals surface area contributed by atoms with Crippen molar-refractivity contribution < 1.29 is 0 Å². The zero-order chi connectivity index (χ0) is 8.16. The van der Waals surface area contributed by atoms with Gasteiger partial charge in [-0.05, 0) is 23.8 Å². The first-order valence-corrected chi connectivity index (χ1v) is 4.28. The second-order valence-electron chi connectivity index (χ2n) is 3.76. The normalized spacial score (nSPS) is 22.3. The van der Waals surface area contributed by atoms with Gasteiger partial charge in [-0.15, -0.1) is 0 Å². The van der Waals surface area contributed by atoms with E-state index in [9.17, 15) is 0 Å². The van der Waals surface area contributed by atoms with Crippen LogP contribution in [0.4, 0.5) is 0 Å². The van der Waals surface area contributed by atoms with E-state index in [1.54, 1.807) is 0 Å². The highest BCUT2D eigenvalue weighted by Gasteiger charge is 2.25. The van der Waals surface area contributed by atoms with E-state index < -0.39 is 0 Å². The Bertz CT molecular complexity index is 164. The molecule has 0 atom stereocenters. The van der Waals surface area contributed by atoms with Crippen LogP contribution in [-0.4, -0.2) is 6.54 Å². The molecule has 1 aliphatic carbocycles. The molecule has 0 N–H and O–H groups in total. The lowest BCUT2D eigenvalue weighted by Gasteiger charge is -2.31. The predicted octanol–water partition coefficient (Wildman–Crippen LogP) is 3.27. The summed E-state index contributed by atoms with van der Waals surface area (Å²) in [5, 5.41) is 3.65. The van der Waals surface area contributed by atoms with Crippen molar-refractivity contribution in [2.45, 2.75) is 39.0 Å². The van der Waals surface area contributed by atoms with E-state index in [2.05, 4.69) is 16.9 Å². The van der Waals surface area contributed by atoms with Crippen LogP contribution < -0.4 is 0 Å². The predicted molar refractivity (Wildman–Crippen MR) is 45.2 cm³/mol. The summed E-state index contributed by atoms with van der Waals surface area (Å²) in [7, 11) is 0. The molecule has 0 aromatic heterocycles. The fraction of sp³-hybridized carbons (Fsp3) is 1.00. The van der Waals surface area contributed by atoms with Crippen molar-refractivity contribution in [3.8, 4) is 0 Å². The van der Waals surface area contributed by atoms with Crippen molar-refractivity contribution in [3.05, 3.63) is 10.4 Å². The second kappa shape index (κ2) is 3.63. The number of hydrogen-bond acceptors (Lipinski definition) is 1.